The van der Waals surface area contributed by atoms with Crippen molar-refractivity contribution in [3.63, 3.8) is 0 Å². The Bertz CT molecular complexity index is 149. The van der Waals surface area contributed by atoms with Crippen molar-refractivity contribution in [2.45, 2.75) is 45.6 Å². The molecule has 0 radical (unpaired) electrons. The second kappa shape index (κ2) is 6.41. The van der Waals surface area contributed by atoms with Gasteiger partial charge >= 0.3 is 0 Å². The fourth-order valence-corrected chi connectivity index (χ4v) is 2.47. The van der Waals surface area contributed by atoms with Crippen molar-refractivity contribution in [3.05, 3.63) is 0 Å². The molecule has 84 valence electrons. The van der Waals surface area contributed by atoms with Crippen molar-refractivity contribution < 1.29 is 4.74 Å². The number of rotatable bonds is 5. The lowest BCUT2D eigenvalue weighted by Crippen LogP contribution is -2.39. The van der Waals surface area contributed by atoms with E-state index in [1.807, 2.05) is 0 Å². The minimum Gasteiger partial charge on any atom is -0.385 e. The van der Waals surface area contributed by atoms with Crippen molar-refractivity contribution in [1.82, 2.24) is 5.32 Å². The highest BCUT2D eigenvalue weighted by molar-refractivity contribution is 4.80. The maximum absolute atomic E-state index is 5.04. The molecule has 1 aliphatic rings. The van der Waals surface area contributed by atoms with Crippen LogP contribution >= 0.6 is 0 Å². The smallest absolute Gasteiger partial charge is 0.0474 e. The van der Waals surface area contributed by atoms with Gasteiger partial charge in [-0.3, -0.25) is 0 Å². The van der Waals surface area contributed by atoms with E-state index in [1.165, 1.54) is 19.3 Å². The van der Waals surface area contributed by atoms with Gasteiger partial charge in [-0.05, 0) is 44.1 Å². The van der Waals surface area contributed by atoms with Crippen LogP contribution in [0.3, 0.4) is 0 Å². The lowest BCUT2D eigenvalue weighted by atomic mass is 9.80. The maximum atomic E-state index is 5.04. The highest BCUT2D eigenvalue weighted by atomic mass is 16.5. The molecule has 0 heterocycles. The van der Waals surface area contributed by atoms with Crippen molar-refractivity contribution in [1.29, 1.82) is 0 Å². The van der Waals surface area contributed by atoms with E-state index < -0.39 is 0 Å². The molecule has 0 aromatic rings. The quantitative estimate of drug-likeness (QED) is 0.687. The highest BCUT2D eigenvalue weighted by Crippen LogP contribution is 2.28. The summed E-state index contributed by atoms with van der Waals surface area (Å²) in [6.45, 7) is 6.74. The molecular formula is C12H25NO. The third-order valence-electron chi connectivity index (χ3n) is 3.36. The van der Waals surface area contributed by atoms with Crippen LogP contribution in [0.1, 0.15) is 39.5 Å². The second-order valence-corrected chi connectivity index (χ2v) is 4.80. The Morgan fingerprint density at radius 1 is 1.29 bits per heavy atom. The molecule has 0 aromatic heterocycles. The lowest BCUT2D eigenvalue weighted by molar-refractivity contribution is 0.184. The molecule has 2 heteroatoms. The molecular weight excluding hydrogens is 174 g/mol. The van der Waals surface area contributed by atoms with Gasteiger partial charge < -0.3 is 10.1 Å². The van der Waals surface area contributed by atoms with Crippen molar-refractivity contribution in [3.8, 4) is 0 Å². The van der Waals surface area contributed by atoms with E-state index in [9.17, 15) is 0 Å². The first-order chi connectivity index (χ1) is 6.74. The van der Waals surface area contributed by atoms with E-state index >= 15 is 0 Å². The molecule has 1 fully saturated rings. The molecule has 1 N–H and O–H groups in total. The molecule has 3 unspecified atom stereocenters. The first-order valence-electron chi connectivity index (χ1n) is 5.96. The lowest BCUT2D eigenvalue weighted by Gasteiger charge is -2.33. The molecule has 0 spiro atoms. The summed E-state index contributed by atoms with van der Waals surface area (Å²) in [5.74, 6) is 1.78. The van der Waals surface area contributed by atoms with Crippen LogP contribution in [0.5, 0.6) is 0 Å². The molecule has 0 aromatic carbocycles. The van der Waals surface area contributed by atoms with Gasteiger partial charge in [-0.25, -0.2) is 0 Å². The van der Waals surface area contributed by atoms with Crippen molar-refractivity contribution >= 4 is 0 Å². The standard InChI is InChI=1S/C12H25NO/c1-10-5-6-12(11(2)9-10)13-7-4-8-14-3/h10-13H,4-9H2,1-3H3. The predicted molar refractivity (Wildman–Crippen MR) is 60.5 cm³/mol. The Morgan fingerprint density at radius 3 is 2.71 bits per heavy atom. The predicted octanol–water partition coefficient (Wildman–Crippen LogP) is 2.44. The van der Waals surface area contributed by atoms with Crippen LogP contribution in [0, 0.1) is 11.8 Å². The number of hydrogen-bond donors (Lipinski definition) is 1. The Labute approximate surface area is 88.4 Å². The molecule has 1 rings (SSSR count). The topological polar surface area (TPSA) is 21.3 Å². The summed E-state index contributed by atoms with van der Waals surface area (Å²) >= 11 is 0. The fraction of sp³-hybridized carbons (Fsp3) is 1.00. The van der Waals surface area contributed by atoms with E-state index in [-0.39, 0.29) is 0 Å². The molecule has 14 heavy (non-hydrogen) atoms. The Hall–Kier alpha value is -0.0800. The van der Waals surface area contributed by atoms with Gasteiger partial charge in [0.2, 0.25) is 0 Å². The average molecular weight is 199 g/mol. The van der Waals surface area contributed by atoms with Gasteiger partial charge in [0.05, 0.1) is 0 Å². The number of methoxy groups -OCH3 is 1. The monoisotopic (exact) mass is 199 g/mol. The fourth-order valence-electron chi connectivity index (χ4n) is 2.47. The SMILES string of the molecule is COCCCNC1CCC(C)CC1C. The van der Waals surface area contributed by atoms with Gasteiger partial charge in [0.1, 0.15) is 0 Å². The largest absolute Gasteiger partial charge is 0.385 e. The molecule has 1 saturated carbocycles. The zero-order chi connectivity index (χ0) is 10.4. The molecule has 1 aliphatic carbocycles. The van der Waals surface area contributed by atoms with Crippen LogP contribution < -0.4 is 5.32 Å². The van der Waals surface area contributed by atoms with Crippen LogP contribution in [-0.2, 0) is 4.74 Å². The van der Waals surface area contributed by atoms with Gasteiger partial charge in [0.15, 0.2) is 0 Å². The van der Waals surface area contributed by atoms with Crippen LogP contribution in [0.15, 0.2) is 0 Å². The van der Waals surface area contributed by atoms with Gasteiger partial charge in [-0.15, -0.1) is 0 Å². The molecule has 0 bridgehead atoms. The molecule has 0 aliphatic heterocycles. The van der Waals surface area contributed by atoms with Gasteiger partial charge in [0.25, 0.3) is 0 Å². The van der Waals surface area contributed by atoms with Gasteiger partial charge in [-0.1, -0.05) is 13.8 Å². The van der Waals surface area contributed by atoms with E-state index in [1.54, 1.807) is 7.11 Å². The number of hydrogen-bond acceptors (Lipinski definition) is 2. The Kier molecular flexibility index (Phi) is 5.49. The molecule has 2 nitrogen and oxygen atoms in total. The maximum Gasteiger partial charge on any atom is 0.0474 e. The van der Waals surface area contributed by atoms with Crippen LogP contribution in [-0.4, -0.2) is 26.3 Å². The first-order valence-corrected chi connectivity index (χ1v) is 5.96. The normalized spacial score (nSPS) is 33.2. The van der Waals surface area contributed by atoms with Crippen molar-refractivity contribution in [2.24, 2.45) is 11.8 Å². The number of nitrogens with one attached hydrogen (secondary N) is 1. The minimum atomic E-state index is 0.753. The van der Waals surface area contributed by atoms with Crippen LogP contribution in [0.4, 0.5) is 0 Å². The molecule has 0 saturated heterocycles. The van der Waals surface area contributed by atoms with E-state index in [0.29, 0.717) is 0 Å². The van der Waals surface area contributed by atoms with Gasteiger partial charge in [-0.2, -0.15) is 0 Å². The Balaban J connectivity index is 2.11. The average Bonchev–Trinajstić information content (AvgIpc) is 2.15. The van der Waals surface area contributed by atoms with Crippen molar-refractivity contribution in [2.75, 3.05) is 20.3 Å². The van der Waals surface area contributed by atoms with Crippen LogP contribution in [0.2, 0.25) is 0 Å². The van der Waals surface area contributed by atoms with E-state index in [2.05, 4.69) is 19.2 Å². The highest BCUT2D eigenvalue weighted by Gasteiger charge is 2.24. The third kappa shape index (κ3) is 3.97. The third-order valence-corrected chi connectivity index (χ3v) is 3.36. The summed E-state index contributed by atoms with van der Waals surface area (Å²) in [5, 5.41) is 3.65. The zero-order valence-corrected chi connectivity index (χ0v) is 9.88. The zero-order valence-electron chi connectivity index (χ0n) is 9.88. The van der Waals surface area contributed by atoms with E-state index in [4.69, 9.17) is 4.74 Å². The minimum absolute atomic E-state index is 0.753. The molecule has 3 atom stereocenters. The molecule has 0 amide bonds. The second-order valence-electron chi connectivity index (χ2n) is 4.80. The summed E-state index contributed by atoms with van der Waals surface area (Å²) in [7, 11) is 1.77. The summed E-state index contributed by atoms with van der Waals surface area (Å²) in [6.07, 6.45) is 5.28. The first kappa shape index (κ1) is 12.0. The summed E-state index contributed by atoms with van der Waals surface area (Å²) in [6, 6.07) is 0.753. The number of ether oxygens (including phenoxy) is 1. The summed E-state index contributed by atoms with van der Waals surface area (Å²) in [5.41, 5.74) is 0. The van der Waals surface area contributed by atoms with Gasteiger partial charge in [0, 0.05) is 19.8 Å². The summed E-state index contributed by atoms with van der Waals surface area (Å²) in [4.78, 5) is 0. The Morgan fingerprint density at radius 2 is 2.07 bits per heavy atom. The van der Waals surface area contributed by atoms with Crippen LogP contribution in [0.25, 0.3) is 0 Å². The summed E-state index contributed by atoms with van der Waals surface area (Å²) < 4.78 is 5.04. The van der Waals surface area contributed by atoms with E-state index in [0.717, 1.165) is 37.5 Å².